The number of hydrogen-bond donors (Lipinski definition) is 4. The van der Waals surface area contributed by atoms with E-state index in [9.17, 15) is 23.4 Å². The zero-order valence-corrected chi connectivity index (χ0v) is 22.3. The molecule has 0 radical (unpaired) electrons. The van der Waals surface area contributed by atoms with E-state index >= 15 is 0 Å². The number of aliphatic hydroxyl groups excluding tert-OH is 2. The van der Waals surface area contributed by atoms with Gasteiger partial charge in [-0.25, -0.2) is 9.97 Å². The highest BCUT2D eigenvalue weighted by Gasteiger charge is 2.44. The molecule has 0 aliphatic heterocycles. The first-order chi connectivity index (χ1) is 19.2. The number of aromatic nitrogens is 4. The maximum atomic E-state index is 13.4. The Kier molecular flexibility index (Phi) is 8.00. The van der Waals surface area contributed by atoms with Crippen LogP contribution in [0, 0.1) is 0 Å². The molecule has 0 unspecified atom stereocenters. The van der Waals surface area contributed by atoms with Crippen LogP contribution in [0.15, 0.2) is 79.4 Å². The minimum absolute atomic E-state index is 0.0580. The standard InChI is InChI=1S/C27H28N6O6S/c1-28-40(37,38)39-23-13-22(25(35)26(23)36)31-27-20(14-29-16-30-27)24(34)21-10-11-33(32-21)15-17-6-5-9-19(12-17)18-7-3-2-4-8-18/h2-12,14,16,22-23,25-26,28,35-36H,13,15H2,1H3,(H,29,30,31)/t22-,23-,25+,26+/m1/s1. The fraction of sp³-hybridized carbons (Fsp3) is 0.259. The number of carbonyl (C=O) groups excluding carboxylic acids is 1. The van der Waals surface area contributed by atoms with Crippen LogP contribution in [0.5, 0.6) is 0 Å². The highest BCUT2D eigenvalue weighted by atomic mass is 32.2. The zero-order valence-electron chi connectivity index (χ0n) is 21.5. The molecule has 2 aromatic carbocycles. The molecule has 0 amide bonds. The van der Waals surface area contributed by atoms with Crippen LogP contribution in [-0.4, -0.2) is 75.6 Å². The van der Waals surface area contributed by atoms with Crippen molar-refractivity contribution in [1.82, 2.24) is 24.5 Å². The van der Waals surface area contributed by atoms with Gasteiger partial charge in [-0.3, -0.25) is 13.7 Å². The van der Waals surface area contributed by atoms with Gasteiger partial charge in [0.1, 0.15) is 36.2 Å². The summed E-state index contributed by atoms with van der Waals surface area (Å²) in [5, 5.41) is 28.2. The van der Waals surface area contributed by atoms with Crippen molar-refractivity contribution >= 4 is 21.9 Å². The molecule has 4 aromatic rings. The molecule has 13 heteroatoms. The molecule has 1 aliphatic carbocycles. The molecule has 0 saturated heterocycles. The number of rotatable bonds is 10. The van der Waals surface area contributed by atoms with Crippen LogP contribution in [0.1, 0.15) is 28.0 Å². The van der Waals surface area contributed by atoms with Crippen molar-refractivity contribution in [1.29, 1.82) is 0 Å². The highest BCUT2D eigenvalue weighted by Crippen LogP contribution is 2.28. The molecular weight excluding hydrogens is 536 g/mol. The highest BCUT2D eigenvalue weighted by molar-refractivity contribution is 7.84. The molecule has 40 heavy (non-hydrogen) atoms. The summed E-state index contributed by atoms with van der Waals surface area (Å²) in [5.74, 6) is -0.336. The molecule has 1 aliphatic rings. The van der Waals surface area contributed by atoms with Gasteiger partial charge in [0.05, 0.1) is 18.2 Å². The molecule has 5 rings (SSSR count). The van der Waals surface area contributed by atoms with Gasteiger partial charge < -0.3 is 15.5 Å². The van der Waals surface area contributed by atoms with Crippen molar-refractivity contribution in [2.45, 2.75) is 37.3 Å². The predicted octanol–water partition coefficient (Wildman–Crippen LogP) is 1.37. The minimum Gasteiger partial charge on any atom is -0.388 e. The van der Waals surface area contributed by atoms with Crippen LogP contribution >= 0.6 is 0 Å². The summed E-state index contributed by atoms with van der Waals surface area (Å²) >= 11 is 0. The van der Waals surface area contributed by atoms with Crippen LogP contribution in [0.3, 0.4) is 0 Å². The molecule has 2 heterocycles. The Bertz CT molecular complexity index is 1600. The predicted molar refractivity (Wildman–Crippen MR) is 146 cm³/mol. The van der Waals surface area contributed by atoms with Crippen LogP contribution < -0.4 is 10.0 Å². The van der Waals surface area contributed by atoms with E-state index in [4.69, 9.17) is 4.18 Å². The minimum atomic E-state index is -4.09. The Morgan fingerprint density at radius 1 is 1.07 bits per heavy atom. The van der Waals surface area contributed by atoms with Crippen molar-refractivity contribution in [2.75, 3.05) is 12.4 Å². The maximum Gasteiger partial charge on any atom is 0.335 e. The van der Waals surface area contributed by atoms with E-state index in [0.29, 0.717) is 6.54 Å². The van der Waals surface area contributed by atoms with Crippen molar-refractivity contribution in [3.8, 4) is 11.1 Å². The van der Waals surface area contributed by atoms with E-state index in [2.05, 4.69) is 26.4 Å². The second kappa shape index (κ2) is 11.6. The normalized spacial score (nSPS) is 20.9. The van der Waals surface area contributed by atoms with Crippen LogP contribution in [0.4, 0.5) is 5.82 Å². The van der Waals surface area contributed by atoms with Crippen molar-refractivity contribution in [3.63, 3.8) is 0 Å². The first kappa shape index (κ1) is 27.6. The summed E-state index contributed by atoms with van der Waals surface area (Å²) in [6.45, 7) is 0.452. The maximum absolute atomic E-state index is 13.4. The summed E-state index contributed by atoms with van der Waals surface area (Å²) < 4.78 is 32.1. The lowest BCUT2D eigenvalue weighted by Crippen LogP contribution is -2.38. The molecular formula is C27H28N6O6S. The Balaban J connectivity index is 1.30. The van der Waals surface area contributed by atoms with Gasteiger partial charge in [0.2, 0.25) is 5.78 Å². The van der Waals surface area contributed by atoms with Gasteiger partial charge in [-0.05, 0) is 28.8 Å². The average Bonchev–Trinajstić information content (AvgIpc) is 3.53. The number of nitrogens with one attached hydrogen (secondary N) is 2. The largest absolute Gasteiger partial charge is 0.388 e. The Hall–Kier alpha value is -4.01. The molecule has 4 atom stereocenters. The third-order valence-electron chi connectivity index (χ3n) is 6.66. The number of nitrogens with zero attached hydrogens (tertiary/aromatic N) is 4. The average molecular weight is 565 g/mol. The molecule has 0 bridgehead atoms. The van der Waals surface area contributed by atoms with Crippen LogP contribution in [0.25, 0.3) is 11.1 Å². The van der Waals surface area contributed by atoms with Gasteiger partial charge in [-0.1, -0.05) is 48.5 Å². The van der Waals surface area contributed by atoms with Crippen LogP contribution in [-0.2, 0) is 21.0 Å². The number of carbonyl (C=O) groups is 1. The van der Waals surface area contributed by atoms with E-state index in [1.807, 2.05) is 53.3 Å². The molecule has 0 spiro atoms. The number of anilines is 1. The number of aliphatic hydroxyl groups is 2. The van der Waals surface area contributed by atoms with Gasteiger partial charge in [0.25, 0.3) is 0 Å². The molecule has 2 aromatic heterocycles. The summed E-state index contributed by atoms with van der Waals surface area (Å²) in [6, 6.07) is 18.9. The van der Waals surface area contributed by atoms with E-state index in [1.165, 1.54) is 19.6 Å². The van der Waals surface area contributed by atoms with Crippen molar-refractivity contribution < 1.29 is 27.6 Å². The van der Waals surface area contributed by atoms with E-state index in [1.54, 1.807) is 16.9 Å². The third-order valence-corrected chi connectivity index (χ3v) is 7.66. The lowest BCUT2D eigenvalue weighted by atomic mass is 10.0. The van der Waals surface area contributed by atoms with E-state index < -0.39 is 40.4 Å². The lowest BCUT2D eigenvalue weighted by molar-refractivity contribution is -0.00882. The zero-order chi connectivity index (χ0) is 28.3. The first-order valence-electron chi connectivity index (χ1n) is 12.5. The summed E-state index contributed by atoms with van der Waals surface area (Å²) in [4.78, 5) is 21.5. The first-order valence-corrected chi connectivity index (χ1v) is 13.9. The Morgan fingerprint density at radius 2 is 1.85 bits per heavy atom. The topological polar surface area (TPSA) is 169 Å². The molecule has 4 N–H and O–H groups in total. The number of benzene rings is 2. The van der Waals surface area contributed by atoms with E-state index in [-0.39, 0.29) is 23.5 Å². The smallest absolute Gasteiger partial charge is 0.335 e. The van der Waals surface area contributed by atoms with Crippen molar-refractivity contribution in [3.05, 3.63) is 96.2 Å². The fourth-order valence-corrected chi connectivity index (χ4v) is 5.21. The molecule has 1 saturated carbocycles. The molecule has 12 nitrogen and oxygen atoms in total. The quantitative estimate of drug-likeness (QED) is 0.207. The van der Waals surface area contributed by atoms with Crippen LogP contribution in [0.2, 0.25) is 0 Å². The van der Waals surface area contributed by atoms with Gasteiger partial charge in [0.15, 0.2) is 0 Å². The third kappa shape index (κ3) is 6.08. The summed E-state index contributed by atoms with van der Waals surface area (Å²) in [6.07, 6.45) is 0.171. The second-order valence-corrected chi connectivity index (χ2v) is 10.8. The Labute approximate surface area is 230 Å². The monoisotopic (exact) mass is 564 g/mol. The fourth-order valence-electron chi connectivity index (χ4n) is 4.60. The van der Waals surface area contributed by atoms with E-state index in [0.717, 1.165) is 16.7 Å². The lowest BCUT2D eigenvalue weighted by Gasteiger charge is -2.19. The van der Waals surface area contributed by atoms with Gasteiger partial charge in [-0.2, -0.15) is 18.2 Å². The number of hydrogen-bond acceptors (Lipinski definition) is 10. The summed E-state index contributed by atoms with van der Waals surface area (Å²) in [5.41, 5.74) is 3.47. The van der Waals surface area contributed by atoms with Gasteiger partial charge >= 0.3 is 10.3 Å². The van der Waals surface area contributed by atoms with Gasteiger partial charge in [0, 0.05) is 25.9 Å². The molecule has 208 valence electrons. The molecule has 1 fully saturated rings. The number of ketones is 1. The van der Waals surface area contributed by atoms with Crippen molar-refractivity contribution in [2.24, 2.45) is 0 Å². The second-order valence-electron chi connectivity index (χ2n) is 9.34. The van der Waals surface area contributed by atoms with Gasteiger partial charge in [-0.15, -0.1) is 0 Å². The summed E-state index contributed by atoms with van der Waals surface area (Å²) in [7, 11) is -2.92. The SMILES string of the molecule is CNS(=O)(=O)O[C@@H]1C[C@@H](Nc2ncncc2C(=O)c2ccn(Cc3cccc(-c4ccccc4)c3)n2)[C@H](O)[C@H]1O. The Morgan fingerprint density at radius 3 is 2.62 bits per heavy atom.